The molecule has 0 radical (unpaired) electrons. The van der Waals surface area contributed by atoms with E-state index in [4.69, 9.17) is 11.6 Å². The number of allylic oxidation sites excluding steroid dienone is 2. The topological polar surface area (TPSA) is 138 Å². The van der Waals surface area contributed by atoms with Crippen molar-refractivity contribution in [3.05, 3.63) is 141 Å². The molecule has 2 aliphatic heterocycles. The Hall–Kier alpha value is -5.61. The summed E-state index contributed by atoms with van der Waals surface area (Å²) in [6, 6.07) is 27.6. The number of rotatable bonds is 5. The van der Waals surface area contributed by atoms with Crippen LogP contribution in [-0.2, 0) is 24.6 Å². The number of non-ortho nitro benzene ring substituents is 1. The Bertz CT molecular complexity index is 2120. The summed E-state index contributed by atoms with van der Waals surface area (Å²) in [5, 5.41) is 22.3. The summed E-state index contributed by atoms with van der Waals surface area (Å²) in [4.78, 5) is 71.2. The molecule has 2 saturated heterocycles. The van der Waals surface area contributed by atoms with Crippen LogP contribution in [0, 0.1) is 33.8 Å². The van der Waals surface area contributed by atoms with Gasteiger partial charge >= 0.3 is 0 Å². The lowest BCUT2D eigenvalue weighted by molar-refractivity contribution is -0.384. The maximum absolute atomic E-state index is 15.2. The first-order chi connectivity index (χ1) is 23.6. The van der Waals surface area contributed by atoms with Crippen molar-refractivity contribution < 1.29 is 29.2 Å². The Morgan fingerprint density at radius 3 is 2.20 bits per heavy atom. The van der Waals surface area contributed by atoms with Gasteiger partial charge in [-0.15, -0.1) is 0 Å². The zero-order valence-corrected chi connectivity index (χ0v) is 26.6. The largest absolute Gasteiger partial charge is 0.508 e. The van der Waals surface area contributed by atoms with E-state index < -0.39 is 63.6 Å². The second kappa shape index (κ2) is 11.2. The lowest BCUT2D eigenvalue weighted by atomic mass is 9.49. The number of carbonyl (C=O) groups is 4. The molecular weight excluding hydrogens is 646 g/mol. The van der Waals surface area contributed by atoms with Gasteiger partial charge in [0.15, 0.2) is 0 Å². The number of carbonyl (C=O) groups excluding carboxylic acids is 4. The molecule has 2 aliphatic carbocycles. The van der Waals surface area contributed by atoms with Gasteiger partial charge in [-0.3, -0.25) is 34.2 Å². The zero-order chi connectivity index (χ0) is 34.2. The predicted molar refractivity (Wildman–Crippen MR) is 180 cm³/mol. The fourth-order valence-electron chi connectivity index (χ4n) is 8.80. The number of halogens is 1. The zero-order valence-electron chi connectivity index (χ0n) is 25.8. The van der Waals surface area contributed by atoms with Gasteiger partial charge in [0.1, 0.15) is 5.75 Å². The number of benzene rings is 4. The van der Waals surface area contributed by atoms with E-state index in [1.165, 1.54) is 35.2 Å². The minimum absolute atomic E-state index is 0.0198. The van der Waals surface area contributed by atoms with Gasteiger partial charge in [-0.2, -0.15) is 0 Å². The van der Waals surface area contributed by atoms with E-state index in [2.05, 4.69) is 0 Å². The van der Waals surface area contributed by atoms with Gasteiger partial charge in [0.2, 0.25) is 23.6 Å². The average molecular weight is 674 g/mol. The highest BCUT2D eigenvalue weighted by Gasteiger charge is 2.70. The molecule has 4 amide bonds. The molecule has 3 fully saturated rings. The molecule has 0 spiro atoms. The third kappa shape index (κ3) is 4.40. The first kappa shape index (κ1) is 30.7. The molecule has 1 N–H and O–H groups in total. The number of nitro benzene ring substituents is 1. The van der Waals surface area contributed by atoms with Gasteiger partial charge < -0.3 is 5.11 Å². The summed E-state index contributed by atoms with van der Waals surface area (Å²) in [5.74, 6) is -5.63. The number of phenols is 1. The molecule has 2 heterocycles. The van der Waals surface area contributed by atoms with Gasteiger partial charge in [-0.25, -0.2) is 4.90 Å². The Morgan fingerprint density at radius 2 is 1.51 bits per heavy atom. The maximum Gasteiger partial charge on any atom is 0.269 e. The summed E-state index contributed by atoms with van der Waals surface area (Å²) >= 11 is 6.35. The number of nitro groups is 1. The minimum atomic E-state index is -1.45. The number of hydrogen-bond donors (Lipinski definition) is 1. The second-order valence-corrected chi connectivity index (χ2v) is 13.4. The smallest absolute Gasteiger partial charge is 0.269 e. The van der Waals surface area contributed by atoms with Crippen LogP contribution < -0.4 is 9.80 Å². The summed E-state index contributed by atoms with van der Waals surface area (Å²) in [6.07, 6.45) is 2.27. The van der Waals surface area contributed by atoms with E-state index in [0.717, 1.165) is 10.5 Å². The molecule has 4 aliphatic rings. The molecule has 10 nitrogen and oxygen atoms in total. The van der Waals surface area contributed by atoms with E-state index >= 15 is 4.79 Å². The third-order valence-corrected chi connectivity index (χ3v) is 10.9. The summed E-state index contributed by atoms with van der Waals surface area (Å²) in [5.41, 5.74) is 0.917. The van der Waals surface area contributed by atoms with Crippen molar-refractivity contribution >= 4 is 52.3 Å². The van der Waals surface area contributed by atoms with E-state index in [9.17, 15) is 29.6 Å². The third-order valence-electron chi connectivity index (χ3n) is 10.7. The van der Waals surface area contributed by atoms with Crippen molar-refractivity contribution in [3.63, 3.8) is 0 Å². The molecule has 49 heavy (non-hydrogen) atoms. The van der Waals surface area contributed by atoms with Gasteiger partial charge in [-0.1, -0.05) is 71.8 Å². The van der Waals surface area contributed by atoms with Crippen LogP contribution in [0.15, 0.2) is 115 Å². The summed E-state index contributed by atoms with van der Waals surface area (Å²) < 4.78 is 0. The lowest BCUT2D eigenvalue weighted by Crippen LogP contribution is -2.53. The van der Waals surface area contributed by atoms with Crippen molar-refractivity contribution in [1.82, 2.24) is 0 Å². The van der Waals surface area contributed by atoms with Crippen LogP contribution in [0.1, 0.15) is 29.9 Å². The van der Waals surface area contributed by atoms with E-state index in [1.54, 1.807) is 36.4 Å². The van der Waals surface area contributed by atoms with Crippen molar-refractivity contribution in [2.45, 2.75) is 24.2 Å². The molecule has 0 aromatic heterocycles. The van der Waals surface area contributed by atoms with Gasteiger partial charge in [0, 0.05) is 23.1 Å². The summed E-state index contributed by atoms with van der Waals surface area (Å²) in [6.45, 7) is 0. The molecule has 8 rings (SSSR count). The summed E-state index contributed by atoms with van der Waals surface area (Å²) in [7, 11) is 0. The second-order valence-electron chi connectivity index (χ2n) is 13.0. The van der Waals surface area contributed by atoms with Crippen LogP contribution in [0.3, 0.4) is 0 Å². The van der Waals surface area contributed by atoms with Crippen LogP contribution in [0.5, 0.6) is 5.75 Å². The van der Waals surface area contributed by atoms with Gasteiger partial charge in [0.25, 0.3) is 5.69 Å². The highest BCUT2D eigenvalue weighted by atomic mass is 35.5. The Labute approximate surface area is 285 Å². The van der Waals surface area contributed by atoms with Crippen LogP contribution in [0.25, 0.3) is 0 Å². The molecule has 11 heteroatoms. The monoisotopic (exact) mass is 673 g/mol. The number of hydrogen-bond acceptors (Lipinski definition) is 7. The number of nitrogens with zero attached hydrogens (tertiary/aromatic N) is 3. The van der Waals surface area contributed by atoms with E-state index in [0.29, 0.717) is 21.8 Å². The van der Waals surface area contributed by atoms with Crippen LogP contribution in [0.4, 0.5) is 17.1 Å². The Morgan fingerprint density at radius 1 is 0.776 bits per heavy atom. The molecule has 0 unspecified atom stereocenters. The molecule has 4 aromatic rings. The van der Waals surface area contributed by atoms with Crippen LogP contribution in [-0.4, -0.2) is 33.7 Å². The highest BCUT2D eigenvalue weighted by Crippen LogP contribution is 2.64. The number of phenolic OH excluding ortho intramolecular Hbond substituents is 1. The molecule has 6 atom stereocenters. The number of fused-ring (bicyclic) bond motifs is 4. The highest BCUT2D eigenvalue weighted by molar-refractivity contribution is 6.32. The fraction of sp³-hybridized carbons (Fsp3) is 0.211. The Balaban J connectivity index is 1.32. The first-order valence-electron chi connectivity index (χ1n) is 15.9. The number of anilines is 2. The number of imide groups is 2. The quantitative estimate of drug-likeness (QED) is 0.113. The van der Waals surface area contributed by atoms with Crippen molar-refractivity contribution in [3.8, 4) is 5.75 Å². The molecular formula is C38H28ClN3O7. The molecule has 0 bridgehead atoms. The van der Waals surface area contributed by atoms with Crippen molar-refractivity contribution in [1.29, 1.82) is 0 Å². The van der Waals surface area contributed by atoms with Crippen LogP contribution >= 0.6 is 11.6 Å². The van der Waals surface area contributed by atoms with Gasteiger partial charge in [-0.05, 0) is 72.4 Å². The standard InChI is InChI=1S/C38H28ClN3O7/c39-23-9-5-10-26(19-23)41-35(45)31-20-30-28(16-17-29-32(30)36(46)40(34(29)44)24-12-14-25(15-13-24)42(48)49)33(21-6-4-11-27(43)18-21)38(31,37(41)47)22-7-2-1-3-8-22/h1-16,18-19,29-33,43H,17,20H2/t29-,30+,31-,32-,33-,38+/m0/s1. The Kier molecular flexibility index (Phi) is 7.04. The SMILES string of the molecule is O=C1[C@H]2[C@H](CC=C3[C@H]2C[C@H]2C(=O)N(c4cccc(Cl)c4)C(=O)[C@@]2(c2ccccc2)[C@H]3c2cccc(O)c2)C(=O)N1c1ccc([N+](=O)[O-])cc1. The van der Waals surface area contributed by atoms with E-state index in [-0.39, 0.29) is 30.0 Å². The van der Waals surface area contributed by atoms with Crippen LogP contribution in [0.2, 0.25) is 5.02 Å². The normalized spacial score (nSPS) is 27.4. The fourth-order valence-corrected chi connectivity index (χ4v) is 8.99. The van der Waals surface area contributed by atoms with Crippen molar-refractivity contribution in [2.24, 2.45) is 23.7 Å². The first-order valence-corrected chi connectivity index (χ1v) is 16.3. The lowest BCUT2D eigenvalue weighted by Gasteiger charge is -2.50. The number of aromatic hydroxyl groups is 1. The van der Waals surface area contributed by atoms with Crippen molar-refractivity contribution in [2.75, 3.05) is 9.80 Å². The molecule has 1 saturated carbocycles. The van der Waals surface area contributed by atoms with Gasteiger partial charge in [0.05, 0.1) is 39.5 Å². The van der Waals surface area contributed by atoms with E-state index in [1.807, 2.05) is 42.5 Å². The average Bonchev–Trinajstić information content (AvgIpc) is 3.49. The predicted octanol–water partition coefficient (Wildman–Crippen LogP) is 6.32. The maximum atomic E-state index is 15.2. The molecule has 244 valence electrons. The molecule has 4 aromatic carbocycles. The minimum Gasteiger partial charge on any atom is -0.508 e. The number of amides is 4.